The fourth-order valence-corrected chi connectivity index (χ4v) is 1.67. The summed E-state index contributed by atoms with van der Waals surface area (Å²) < 4.78 is 5.32. The molecule has 0 saturated heterocycles. The number of ether oxygens (including phenoxy) is 1. The van der Waals surface area contributed by atoms with Crippen molar-refractivity contribution in [1.29, 1.82) is 0 Å². The maximum absolute atomic E-state index is 4.99. The van der Waals surface area contributed by atoms with Gasteiger partial charge in [-0.3, -0.25) is 4.98 Å². The Labute approximate surface area is 87.1 Å². The summed E-state index contributed by atoms with van der Waals surface area (Å²) in [6, 6.07) is 0.424. The average Bonchev–Trinajstić information content (AvgIpc) is 2.69. The van der Waals surface area contributed by atoms with Crippen LogP contribution in [0.25, 0.3) is 5.57 Å². The number of hydrogen-bond donors (Lipinski definition) is 1. The highest BCUT2D eigenvalue weighted by Crippen LogP contribution is 2.25. The smallest absolute Gasteiger partial charge is 0.297 e. The third-order valence-corrected chi connectivity index (χ3v) is 2.35. The van der Waals surface area contributed by atoms with Crippen molar-refractivity contribution in [2.75, 3.05) is 7.11 Å². The molecule has 0 unspecified atom stereocenters. The van der Waals surface area contributed by atoms with Crippen LogP contribution in [0.4, 0.5) is 0 Å². The first-order valence-corrected chi connectivity index (χ1v) is 4.92. The van der Waals surface area contributed by atoms with Gasteiger partial charge in [-0.05, 0) is 37.1 Å². The number of nitrogens with one attached hydrogen (secondary N) is 1. The monoisotopic (exact) mass is 209 g/mol. The van der Waals surface area contributed by atoms with Crippen LogP contribution in [0, 0.1) is 4.77 Å². The molecular weight excluding hydrogens is 198 g/mol. The van der Waals surface area contributed by atoms with Crippen LogP contribution in [0.3, 0.4) is 0 Å². The van der Waals surface area contributed by atoms with E-state index in [1.165, 1.54) is 12.0 Å². The van der Waals surface area contributed by atoms with E-state index in [1.54, 1.807) is 7.11 Å². The first kappa shape index (κ1) is 9.33. The summed E-state index contributed by atoms with van der Waals surface area (Å²) in [5.41, 5.74) is 1.21. The average molecular weight is 209 g/mol. The summed E-state index contributed by atoms with van der Waals surface area (Å²) in [4.78, 5) is 11.1. The largest absolute Gasteiger partial charge is 0.468 e. The van der Waals surface area contributed by atoms with Gasteiger partial charge in [-0.25, -0.2) is 4.98 Å². The molecule has 0 bridgehead atoms. The lowest BCUT2D eigenvalue weighted by Crippen LogP contribution is -1.99. The minimum Gasteiger partial charge on any atom is -0.468 e. The second kappa shape index (κ2) is 3.88. The Balaban J connectivity index is 2.42. The van der Waals surface area contributed by atoms with Crippen LogP contribution < -0.4 is 4.74 Å². The Kier molecular flexibility index (Phi) is 2.58. The fourth-order valence-electron chi connectivity index (χ4n) is 1.50. The van der Waals surface area contributed by atoms with Gasteiger partial charge in [0.25, 0.3) is 6.01 Å². The number of methoxy groups -OCH3 is 1. The normalized spacial score (nSPS) is 15.4. The van der Waals surface area contributed by atoms with Gasteiger partial charge >= 0.3 is 0 Å². The summed E-state index contributed by atoms with van der Waals surface area (Å²) in [6.45, 7) is 0. The van der Waals surface area contributed by atoms with E-state index in [9.17, 15) is 0 Å². The van der Waals surface area contributed by atoms with Crippen molar-refractivity contribution in [2.24, 2.45) is 0 Å². The van der Waals surface area contributed by atoms with Gasteiger partial charge in [0.05, 0.1) is 7.11 Å². The first-order valence-electron chi connectivity index (χ1n) is 4.51. The molecule has 1 heterocycles. The minimum atomic E-state index is 0.323. The van der Waals surface area contributed by atoms with Gasteiger partial charge < -0.3 is 4.74 Å². The van der Waals surface area contributed by atoms with Crippen molar-refractivity contribution in [3.05, 3.63) is 16.7 Å². The molecule has 5 heteroatoms. The third kappa shape index (κ3) is 1.82. The van der Waals surface area contributed by atoms with E-state index in [-0.39, 0.29) is 0 Å². The molecule has 0 amide bonds. The van der Waals surface area contributed by atoms with Crippen LogP contribution in [-0.4, -0.2) is 22.1 Å². The van der Waals surface area contributed by atoms with Gasteiger partial charge in [0.15, 0.2) is 0 Å². The molecule has 0 fully saturated rings. The van der Waals surface area contributed by atoms with Crippen LogP contribution in [-0.2, 0) is 0 Å². The first-order chi connectivity index (χ1) is 6.79. The maximum Gasteiger partial charge on any atom is 0.297 e. The van der Waals surface area contributed by atoms with Gasteiger partial charge in [0, 0.05) is 0 Å². The minimum absolute atomic E-state index is 0.323. The number of hydrogen-bond acceptors (Lipinski definition) is 4. The van der Waals surface area contributed by atoms with Crippen molar-refractivity contribution in [3.8, 4) is 6.01 Å². The van der Waals surface area contributed by atoms with Gasteiger partial charge in [0.1, 0.15) is 5.82 Å². The van der Waals surface area contributed by atoms with E-state index in [1.807, 2.05) is 0 Å². The molecule has 0 radical (unpaired) electrons. The molecular formula is C9H11N3OS. The second-order valence-corrected chi connectivity index (χ2v) is 3.48. The molecule has 0 saturated carbocycles. The van der Waals surface area contributed by atoms with Crippen LogP contribution in [0.1, 0.15) is 25.1 Å². The zero-order valence-corrected chi connectivity index (χ0v) is 8.73. The molecule has 0 spiro atoms. The zero-order valence-electron chi connectivity index (χ0n) is 7.91. The lowest BCUT2D eigenvalue weighted by molar-refractivity contribution is 0.376. The van der Waals surface area contributed by atoms with Gasteiger partial charge in [-0.15, -0.1) is 0 Å². The zero-order chi connectivity index (χ0) is 9.97. The summed E-state index contributed by atoms with van der Waals surface area (Å²) >= 11 is 4.94. The maximum atomic E-state index is 4.99. The van der Waals surface area contributed by atoms with E-state index >= 15 is 0 Å². The van der Waals surface area contributed by atoms with Crippen LogP contribution in [0.15, 0.2) is 6.08 Å². The molecule has 2 rings (SSSR count). The van der Waals surface area contributed by atoms with E-state index in [4.69, 9.17) is 17.0 Å². The molecule has 74 valence electrons. The van der Waals surface area contributed by atoms with Gasteiger partial charge in [-0.1, -0.05) is 6.08 Å². The van der Waals surface area contributed by atoms with Gasteiger partial charge in [-0.2, -0.15) is 4.98 Å². The third-order valence-electron chi connectivity index (χ3n) is 2.17. The molecule has 1 aromatic rings. The van der Waals surface area contributed by atoms with Crippen molar-refractivity contribution in [2.45, 2.75) is 19.3 Å². The van der Waals surface area contributed by atoms with Crippen molar-refractivity contribution >= 4 is 17.8 Å². The molecule has 1 aliphatic carbocycles. The summed E-state index contributed by atoms with van der Waals surface area (Å²) in [5, 5.41) is 0. The van der Waals surface area contributed by atoms with E-state index in [2.05, 4.69) is 21.0 Å². The number of aromatic nitrogens is 3. The highest BCUT2D eigenvalue weighted by molar-refractivity contribution is 7.71. The Bertz CT molecular complexity index is 424. The molecule has 0 atom stereocenters. The van der Waals surface area contributed by atoms with E-state index in [0.717, 1.165) is 18.7 Å². The number of rotatable bonds is 2. The molecule has 4 nitrogen and oxygen atoms in total. The Morgan fingerprint density at radius 2 is 2.36 bits per heavy atom. The van der Waals surface area contributed by atoms with Gasteiger partial charge in [0.2, 0.25) is 4.77 Å². The molecule has 1 N–H and O–H groups in total. The highest BCUT2D eigenvalue weighted by atomic mass is 32.1. The molecule has 14 heavy (non-hydrogen) atoms. The fraction of sp³-hybridized carbons (Fsp3) is 0.444. The molecule has 1 aliphatic rings. The number of allylic oxidation sites excluding steroid dienone is 2. The number of H-pyrrole nitrogens is 1. The second-order valence-electron chi connectivity index (χ2n) is 3.11. The quantitative estimate of drug-likeness (QED) is 0.758. The highest BCUT2D eigenvalue weighted by Gasteiger charge is 2.10. The summed E-state index contributed by atoms with van der Waals surface area (Å²) in [5.74, 6) is 0.791. The predicted octanol–water partition coefficient (Wildman–Crippen LogP) is 2.11. The molecule has 0 aromatic carbocycles. The topological polar surface area (TPSA) is 50.8 Å². The number of nitrogens with zero attached hydrogens (tertiary/aromatic N) is 2. The van der Waals surface area contributed by atoms with E-state index < -0.39 is 0 Å². The number of aromatic amines is 1. The Morgan fingerprint density at radius 3 is 3.00 bits per heavy atom. The van der Waals surface area contributed by atoms with E-state index in [0.29, 0.717) is 10.8 Å². The Morgan fingerprint density at radius 1 is 1.50 bits per heavy atom. The summed E-state index contributed by atoms with van der Waals surface area (Å²) in [7, 11) is 1.56. The van der Waals surface area contributed by atoms with Crippen molar-refractivity contribution in [1.82, 2.24) is 15.0 Å². The lowest BCUT2D eigenvalue weighted by Gasteiger charge is -2.03. The van der Waals surface area contributed by atoms with Crippen LogP contribution in [0.2, 0.25) is 0 Å². The van der Waals surface area contributed by atoms with Crippen LogP contribution >= 0.6 is 12.2 Å². The van der Waals surface area contributed by atoms with Crippen molar-refractivity contribution in [3.63, 3.8) is 0 Å². The molecule has 1 aromatic heterocycles. The van der Waals surface area contributed by atoms with Crippen LogP contribution in [0.5, 0.6) is 6.01 Å². The predicted molar refractivity (Wildman–Crippen MR) is 55.6 cm³/mol. The molecule has 0 aliphatic heterocycles. The lowest BCUT2D eigenvalue weighted by atomic mass is 10.2. The van der Waals surface area contributed by atoms with Crippen molar-refractivity contribution < 1.29 is 4.74 Å². The Hall–Kier alpha value is -1.23. The standard InChI is InChI=1S/C9H11N3OS/c1-13-8-10-7(11-9(14)12-8)6-4-2-3-5-6/h4H,2-3,5H2,1H3,(H,10,11,12,14). The summed E-state index contributed by atoms with van der Waals surface area (Å²) in [6.07, 6.45) is 5.52. The SMILES string of the molecule is COc1nc(=S)nc(C2=CCCC2)[nH]1.